The van der Waals surface area contributed by atoms with Gasteiger partial charge in [-0.05, 0) is 36.7 Å². The Kier molecular flexibility index (Phi) is 4.14. The maximum absolute atomic E-state index is 12.5. The molecule has 2 bridgehead atoms. The van der Waals surface area contributed by atoms with Crippen LogP contribution in [0.2, 0.25) is 0 Å². The van der Waals surface area contributed by atoms with Gasteiger partial charge in [-0.3, -0.25) is 4.79 Å². The van der Waals surface area contributed by atoms with Crippen LogP contribution in [0.1, 0.15) is 33.1 Å². The largest absolute Gasteiger partial charge is 0.299 e. The van der Waals surface area contributed by atoms with E-state index in [4.69, 9.17) is 3.63 Å². The lowest BCUT2D eigenvalue weighted by molar-refractivity contribution is -0.128. The fourth-order valence-corrected chi connectivity index (χ4v) is 8.53. The lowest BCUT2D eigenvalue weighted by Gasteiger charge is -2.37. The molecule has 0 spiro atoms. The Morgan fingerprint density at radius 1 is 1.38 bits per heavy atom. The summed E-state index contributed by atoms with van der Waals surface area (Å²) in [6, 6.07) is 0. The van der Waals surface area contributed by atoms with Crippen LogP contribution in [0.15, 0.2) is 12.7 Å². The van der Waals surface area contributed by atoms with Crippen LogP contribution >= 0.6 is 10.3 Å². The third kappa shape index (κ3) is 2.82. The van der Waals surface area contributed by atoms with Crippen molar-refractivity contribution in [1.82, 2.24) is 0 Å². The highest BCUT2D eigenvalue weighted by atomic mass is 32.3. The van der Waals surface area contributed by atoms with Crippen molar-refractivity contribution < 1.29 is 16.8 Å². The Labute approximate surface area is 130 Å². The molecule has 122 valence electrons. The molecule has 2 aliphatic carbocycles. The van der Waals surface area contributed by atoms with Crippen LogP contribution in [0.5, 0.6) is 0 Å². The summed E-state index contributed by atoms with van der Waals surface area (Å²) in [7, 11) is -5.45. The molecule has 0 aliphatic heterocycles. The highest BCUT2D eigenvalue weighted by Crippen LogP contribution is 2.64. The molecule has 0 heterocycles. The van der Waals surface area contributed by atoms with E-state index in [0.717, 1.165) is 6.42 Å². The van der Waals surface area contributed by atoms with E-state index in [9.17, 15) is 13.2 Å². The van der Waals surface area contributed by atoms with Crippen molar-refractivity contribution in [2.24, 2.45) is 16.7 Å². The molecular formula is C15H26O4S2. The smallest absolute Gasteiger partial charge is 0.277 e. The van der Waals surface area contributed by atoms with Gasteiger partial charge < -0.3 is 0 Å². The number of fused-ring (bicyclic) bond motifs is 2. The first-order valence-corrected chi connectivity index (χ1v) is 11.4. The molecule has 21 heavy (non-hydrogen) atoms. The molecule has 2 rings (SSSR count). The summed E-state index contributed by atoms with van der Waals surface area (Å²) in [5.41, 5.74) is -1.00. The monoisotopic (exact) mass is 334 g/mol. The van der Waals surface area contributed by atoms with E-state index in [1.165, 1.54) is 0 Å². The predicted octanol–water partition coefficient (Wildman–Crippen LogP) is 2.89. The van der Waals surface area contributed by atoms with Gasteiger partial charge in [-0.2, -0.15) is 8.42 Å². The summed E-state index contributed by atoms with van der Waals surface area (Å²) in [4.78, 5) is 12.4. The fourth-order valence-electron chi connectivity index (χ4n) is 4.03. The number of Topliss-reactive ketones (excluding diaryl/α,β-unsaturated/α-hetero) is 1. The maximum Gasteiger partial charge on any atom is 0.277 e. The predicted molar refractivity (Wildman–Crippen MR) is 87.9 cm³/mol. The van der Waals surface area contributed by atoms with Gasteiger partial charge in [-0.25, -0.2) is 3.63 Å². The van der Waals surface area contributed by atoms with Crippen molar-refractivity contribution in [2.45, 2.75) is 33.1 Å². The highest BCUT2D eigenvalue weighted by molar-refractivity contribution is 8.32. The Morgan fingerprint density at radius 3 is 2.43 bits per heavy atom. The van der Waals surface area contributed by atoms with E-state index < -0.39 is 25.8 Å². The molecule has 0 radical (unpaired) electrons. The second-order valence-corrected chi connectivity index (χ2v) is 12.5. The molecule has 4 nitrogen and oxygen atoms in total. The van der Waals surface area contributed by atoms with Crippen LogP contribution in [-0.4, -0.2) is 38.2 Å². The molecule has 2 saturated carbocycles. The van der Waals surface area contributed by atoms with Crippen molar-refractivity contribution in [2.75, 3.05) is 24.0 Å². The van der Waals surface area contributed by atoms with E-state index in [1.54, 1.807) is 6.08 Å². The molecule has 0 N–H and O–H groups in total. The molecule has 0 aromatic heterocycles. The van der Waals surface area contributed by atoms with Crippen LogP contribution < -0.4 is 0 Å². The molecule has 2 unspecified atom stereocenters. The van der Waals surface area contributed by atoms with Crippen molar-refractivity contribution in [3.05, 3.63) is 12.7 Å². The highest BCUT2D eigenvalue weighted by Gasteiger charge is 2.65. The van der Waals surface area contributed by atoms with E-state index in [2.05, 4.69) is 6.58 Å². The van der Waals surface area contributed by atoms with Crippen molar-refractivity contribution in [3.63, 3.8) is 0 Å². The molecule has 2 atom stereocenters. The third-order valence-electron chi connectivity index (χ3n) is 5.37. The lowest BCUT2D eigenvalue weighted by Crippen LogP contribution is -2.42. The van der Waals surface area contributed by atoms with E-state index in [-0.39, 0.29) is 17.0 Å². The van der Waals surface area contributed by atoms with E-state index in [0.29, 0.717) is 24.5 Å². The van der Waals surface area contributed by atoms with Crippen LogP contribution in [0.25, 0.3) is 0 Å². The maximum atomic E-state index is 12.5. The number of carbonyl (C=O) groups excluding carboxylic acids is 1. The quantitative estimate of drug-likeness (QED) is 0.701. The van der Waals surface area contributed by atoms with Crippen LogP contribution in [-0.2, 0) is 18.5 Å². The first kappa shape index (κ1) is 17.0. The summed E-state index contributed by atoms with van der Waals surface area (Å²) in [6.07, 6.45) is 7.43. The molecule has 2 fully saturated rings. The zero-order valence-electron chi connectivity index (χ0n) is 13.3. The number of ketones is 1. The standard InChI is InChI=1S/C15H26O4S2/c1-6-9-20(4,5)19-21(17,18)11-15-8-7-12(10-13(15)16)14(15,2)3/h6,12H,1,7-11H2,2-5H3. The minimum absolute atomic E-state index is 0.104. The summed E-state index contributed by atoms with van der Waals surface area (Å²) in [5.74, 6) is 0.774. The second kappa shape index (κ2) is 5.10. The molecule has 0 amide bonds. The lowest BCUT2D eigenvalue weighted by atomic mass is 9.70. The van der Waals surface area contributed by atoms with Gasteiger partial charge in [0.1, 0.15) is 5.78 Å². The van der Waals surface area contributed by atoms with Gasteiger partial charge in [0.25, 0.3) is 10.1 Å². The topological polar surface area (TPSA) is 60.4 Å². The molecule has 6 heteroatoms. The van der Waals surface area contributed by atoms with Gasteiger partial charge in [0.15, 0.2) is 0 Å². The minimum Gasteiger partial charge on any atom is -0.299 e. The van der Waals surface area contributed by atoms with E-state index >= 15 is 0 Å². The number of carbonyl (C=O) groups is 1. The van der Waals surface area contributed by atoms with Gasteiger partial charge in [0.05, 0.1) is 11.2 Å². The van der Waals surface area contributed by atoms with Gasteiger partial charge in [0, 0.05) is 12.2 Å². The van der Waals surface area contributed by atoms with Gasteiger partial charge in [0.2, 0.25) is 0 Å². The summed E-state index contributed by atoms with van der Waals surface area (Å²) in [6.45, 7) is 7.71. The number of rotatable bonds is 6. The first-order valence-electron chi connectivity index (χ1n) is 7.25. The third-order valence-corrected chi connectivity index (χ3v) is 9.56. The van der Waals surface area contributed by atoms with E-state index in [1.807, 2.05) is 26.4 Å². The normalized spacial score (nSPS) is 32.4. The molecule has 0 saturated heterocycles. The average molecular weight is 335 g/mol. The fraction of sp³-hybridized carbons (Fsp3) is 0.800. The second-order valence-electron chi connectivity index (χ2n) is 7.33. The Hall–Kier alpha value is -0.330. The number of hydrogen-bond donors (Lipinski definition) is 0. The van der Waals surface area contributed by atoms with Crippen molar-refractivity contribution in [1.29, 1.82) is 0 Å². The molecule has 0 aromatic carbocycles. The van der Waals surface area contributed by atoms with Crippen LogP contribution in [0.3, 0.4) is 0 Å². The summed E-state index contributed by atoms with van der Waals surface area (Å²) >= 11 is 0. The van der Waals surface area contributed by atoms with Crippen LogP contribution in [0.4, 0.5) is 0 Å². The first-order chi connectivity index (χ1) is 9.46. The van der Waals surface area contributed by atoms with Gasteiger partial charge in [-0.15, -0.1) is 16.9 Å². The zero-order chi connectivity index (χ0) is 16.1. The molecule has 2 aliphatic rings. The summed E-state index contributed by atoms with van der Waals surface area (Å²) in [5, 5.41) is 0. The number of hydrogen-bond acceptors (Lipinski definition) is 4. The van der Waals surface area contributed by atoms with Crippen LogP contribution in [0, 0.1) is 16.7 Å². The van der Waals surface area contributed by atoms with Crippen molar-refractivity contribution >= 4 is 26.2 Å². The Morgan fingerprint density at radius 2 is 2.00 bits per heavy atom. The Balaban J connectivity index is 2.24. The summed E-state index contributed by atoms with van der Waals surface area (Å²) < 4.78 is 30.5. The molecule has 0 aromatic rings. The Bertz CT molecular complexity index is 562. The minimum atomic E-state index is -3.72. The van der Waals surface area contributed by atoms with Gasteiger partial charge in [-0.1, -0.05) is 19.9 Å². The average Bonchev–Trinajstić information content (AvgIpc) is 2.60. The zero-order valence-corrected chi connectivity index (χ0v) is 15.0. The van der Waals surface area contributed by atoms with Gasteiger partial charge >= 0.3 is 0 Å². The SMILES string of the molecule is C=CCS(C)(C)OS(=O)(=O)CC12CCC(CC1=O)C2(C)C. The molecular weight excluding hydrogens is 308 g/mol. The van der Waals surface area contributed by atoms with Crippen molar-refractivity contribution in [3.8, 4) is 0 Å².